The molecular weight excluding hydrogens is 244 g/mol. The average Bonchev–Trinajstić information content (AvgIpc) is 2.26. The summed E-state index contributed by atoms with van der Waals surface area (Å²) < 4.78 is 0. The molecule has 0 saturated heterocycles. The van der Waals surface area contributed by atoms with Crippen LogP contribution in [-0.4, -0.2) is 36.3 Å². The molecule has 0 heterocycles. The van der Waals surface area contributed by atoms with Gasteiger partial charge in [0, 0.05) is 25.1 Å². The number of ketones is 1. The number of hydrogen-bond donors (Lipinski definition) is 2. The zero-order chi connectivity index (χ0) is 12.4. The van der Waals surface area contributed by atoms with Crippen molar-refractivity contribution in [2.45, 2.75) is 32.2 Å². The van der Waals surface area contributed by atoms with Gasteiger partial charge in [-0.05, 0) is 12.7 Å². The van der Waals surface area contributed by atoms with E-state index < -0.39 is 6.04 Å². The highest BCUT2D eigenvalue weighted by Gasteiger charge is 2.12. The molecule has 0 aliphatic rings. The monoisotopic (exact) mass is 264 g/mol. The fourth-order valence-corrected chi connectivity index (χ4v) is 2.36. The Hall–Kier alpha value is -0.200. The van der Waals surface area contributed by atoms with Gasteiger partial charge < -0.3 is 11.1 Å². The molecule has 0 aromatic carbocycles. The van der Waals surface area contributed by atoms with Gasteiger partial charge in [-0.2, -0.15) is 0 Å². The molecule has 0 aliphatic heterocycles. The van der Waals surface area contributed by atoms with E-state index in [2.05, 4.69) is 5.32 Å². The van der Waals surface area contributed by atoms with Crippen molar-refractivity contribution in [1.29, 1.82) is 0 Å². The Balaban J connectivity index is 3.60. The smallest absolute Gasteiger partial charge is 0.237 e. The summed E-state index contributed by atoms with van der Waals surface area (Å²) >= 11 is 0. The molecule has 0 aromatic heterocycles. The number of nitrogens with two attached hydrogens (primary N) is 1. The molecular formula is C10H20N2O2S2. The predicted octanol–water partition coefficient (Wildman–Crippen LogP) is 1.20. The third kappa shape index (κ3) is 8.01. The van der Waals surface area contributed by atoms with Gasteiger partial charge in [0.1, 0.15) is 5.78 Å². The summed E-state index contributed by atoms with van der Waals surface area (Å²) in [5.74, 6) is 0.608. The molecule has 0 rings (SSSR count). The second kappa shape index (κ2) is 9.99. The van der Waals surface area contributed by atoms with Gasteiger partial charge in [0.2, 0.25) is 5.91 Å². The third-order valence-corrected chi connectivity index (χ3v) is 3.78. The van der Waals surface area contributed by atoms with E-state index in [9.17, 15) is 9.59 Å². The van der Waals surface area contributed by atoms with Crippen molar-refractivity contribution in [3.05, 3.63) is 0 Å². The van der Waals surface area contributed by atoms with E-state index in [-0.39, 0.29) is 11.7 Å². The van der Waals surface area contributed by atoms with Crippen LogP contribution in [0.2, 0.25) is 0 Å². The largest absolute Gasteiger partial charge is 0.354 e. The van der Waals surface area contributed by atoms with Crippen molar-refractivity contribution >= 4 is 33.3 Å². The van der Waals surface area contributed by atoms with Crippen molar-refractivity contribution in [2.75, 3.05) is 18.6 Å². The van der Waals surface area contributed by atoms with Gasteiger partial charge >= 0.3 is 0 Å². The zero-order valence-corrected chi connectivity index (χ0v) is 11.5. The molecule has 0 aromatic rings. The minimum absolute atomic E-state index is 0.175. The lowest BCUT2D eigenvalue weighted by Gasteiger charge is -2.10. The molecule has 0 spiro atoms. The lowest BCUT2D eigenvalue weighted by molar-refractivity contribution is -0.122. The molecule has 0 radical (unpaired) electrons. The van der Waals surface area contributed by atoms with Crippen LogP contribution in [-0.2, 0) is 9.59 Å². The fourth-order valence-electron chi connectivity index (χ4n) is 1.08. The number of carbonyl (C=O) groups excluding carboxylic acids is 2. The van der Waals surface area contributed by atoms with Crippen LogP contribution >= 0.6 is 21.6 Å². The number of Topliss-reactive ketones (excluding diaryl/α,β-unsaturated/α-hetero) is 1. The molecule has 0 saturated carbocycles. The Morgan fingerprint density at radius 1 is 1.38 bits per heavy atom. The van der Waals surface area contributed by atoms with E-state index in [0.29, 0.717) is 25.1 Å². The SMILES string of the molecule is CCCC(=O)CCNC(=O)[C@H](N)CSSC. The second-order valence-electron chi connectivity index (χ2n) is 3.39. The highest BCUT2D eigenvalue weighted by molar-refractivity contribution is 8.76. The zero-order valence-electron chi connectivity index (χ0n) is 9.82. The first-order chi connectivity index (χ1) is 7.61. The summed E-state index contributed by atoms with van der Waals surface area (Å²) in [4.78, 5) is 22.6. The highest BCUT2D eigenvalue weighted by Crippen LogP contribution is 2.16. The van der Waals surface area contributed by atoms with Gasteiger partial charge in [0.25, 0.3) is 0 Å². The lowest BCUT2D eigenvalue weighted by atomic mass is 10.2. The topological polar surface area (TPSA) is 72.2 Å². The summed E-state index contributed by atoms with van der Waals surface area (Å²) in [6, 6.07) is -0.487. The molecule has 0 aliphatic carbocycles. The van der Waals surface area contributed by atoms with Crippen molar-refractivity contribution in [3.8, 4) is 0 Å². The third-order valence-electron chi connectivity index (χ3n) is 1.93. The first-order valence-corrected chi connectivity index (χ1v) is 8.05. The predicted molar refractivity (Wildman–Crippen MR) is 71.5 cm³/mol. The van der Waals surface area contributed by atoms with Crippen LogP contribution in [0, 0.1) is 0 Å². The molecule has 0 unspecified atom stereocenters. The maximum absolute atomic E-state index is 11.4. The van der Waals surface area contributed by atoms with Gasteiger partial charge in [-0.3, -0.25) is 9.59 Å². The molecule has 3 N–H and O–H groups in total. The van der Waals surface area contributed by atoms with Crippen LogP contribution in [0.15, 0.2) is 0 Å². The summed E-state index contributed by atoms with van der Waals surface area (Å²) in [5.41, 5.74) is 5.65. The van der Waals surface area contributed by atoms with Crippen molar-refractivity contribution in [3.63, 3.8) is 0 Å². The van der Waals surface area contributed by atoms with Crippen LogP contribution in [0.5, 0.6) is 0 Å². The van der Waals surface area contributed by atoms with Crippen LogP contribution in [0.1, 0.15) is 26.2 Å². The molecule has 1 amide bonds. The number of amides is 1. The Kier molecular flexibility index (Phi) is 9.86. The van der Waals surface area contributed by atoms with Gasteiger partial charge in [0.15, 0.2) is 0 Å². The van der Waals surface area contributed by atoms with Crippen molar-refractivity contribution < 1.29 is 9.59 Å². The number of rotatable bonds is 9. The minimum atomic E-state index is -0.487. The van der Waals surface area contributed by atoms with E-state index in [1.165, 1.54) is 0 Å². The van der Waals surface area contributed by atoms with E-state index in [0.717, 1.165) is 6.42 Å². The molecule has 94 valence electrons. The second-order valence-corrected chi connectivity index (χ2v) is 6.00. The standard InChI is InChI=1S/C10H20N2O2S2/c1-3-4-8(13)5-6-12-10(14)9(11)7-16-15-2/h9H,3-7,11H2,1-2H3,(H,12,14)/t9-/m1/s1. The summed E-state index contributed by atoms with van der Waals surface area (Å²) in [7, 11) is 3.14. The van der Waals surface area contributed by atoms with Crippen molar-refractivity contribution in [1.82, 2.24) is 5.32 Å². The van der Waals surface area contributed by atoms with Gasteiger partial charge in [-0.15, -0.1) is 0 Å². The maximum Gasteiger partial charge on any atom is 0.237 e. The Labute approximate surface area is 105 Å². The average molecular weight is 264 g/mol. The van der Waals surface area contributed by atoms with E-state index in [1.54, 1.807) is 21.6 Å². The van der Waals surface area contributed by atoms with Crippen LogP contribution in [0.4, 0.5) is 0 Å². The number of carbonyl (C=O) groups is 2. The van der Waals surface area contributed by atoms with Gasteiger partial charge in [-0.25, -0.2) is 0 Å². The molecule has 0 bridgehead atoms. The Morgan fingerprint density at radius 3 is 2.62 bits per heavy atom. The molecule has 6 heteroatoms. The Bertz CT molecular complexity index is 225. The molecule has 1 atom stereocenters. The number of hydrogen-bond acceptors (Lipinski definition) is 5. The van der Waals surface area contributed by atoms with Gasteiger partial charge in [0.05, 0.1) is 6.04 Å². The minimum Gasteiger partial charge on any atom is -0.354 e. The molecule has 4 nitrogen and oxygen atoms in total. The van der Waals surface area contributed by atoms with E-state index >= 15 is 0 Å². The van der Waals surface area contributed by atoms with Crippen LogP contribution in [0.3, 0.4) is 0 Å². The molecule has 0 fully saturated rings. The molecule has 16 heavy (non-hydrogen) atoms. The lowest BCUT2D eigenvalue weighted by Crippen LogP contribution is -2.42. The first-order valence-electron chi connectivity index (χ1n) is 5.32. The van der Waals surface area contributed by atoms with Crippen molar-refractivity contribution in [2.24, 2.45) is 5.73 Å². The normalized spacial score (nSPS) is 12.2. The highest BCUT2D eigenvalue weighted by atomic mass is 33.1. The quantitative estimate of drug-likeness (QED) is 0.612. The number of nitrogens with one attached hydrogen (secondary N) is 1. The fraction of sp³-hybridized carbons (Fsp3) is 0.800. The first kappa shape index (κ1) is 15.8. The maximum atomic E-state index is 11.4. The van der Waals surface area contributed by atoms with Crippen LogP contribution < -0.4 is 11.1 Å². The summed E-state index contributed by atoms with van der Waals surface area (Å²) in [6.45, 7) is 2.36. The van der Waals surface area contributed by atoms with E-state index in [1.807, 2.05) is 13.2 Å². The summed E-state index contributed by atoms with van der Waals surface area (Å²) in [6.07, 6.45) is 3.79. The van der Waals surface area contributed by atoms with E-state index in [4.69, 9.17) is 5.73 Å². The summed E-state index contributed by atoms with van der Waals surface area (Å²) in [5, 5.41) is 2.67. The Morgan fingerprint density at radius 2 is 2.06 bits per heavy atom. The van der Waals surface area contributed by atoms with Crippen LogP contribution in [0.25, 0.3) is 0 Å². The van der Waals surface area contributed by atoms with Gasteiger partial charge in [-0.1, -0.05) is 28.5 Å².